The van der Waals surface area contributed by atoms with Gasteiger partial charge in [0.2, 0.25) is 0 Å². The van der Waals surface area contributed by atoms with Gasteiger partial charge in [-0.25, -0.2) is 4.79 Å². The van der Waals surface area contributed by atoms with Gasteiger partial charge in [0.15, 0.2) is 5.75 Å². The van der Waals surface area contributed by atoms with Crippen molar-refractivity contribution in [2.45, 2.75) is 20.3 Å². The fourth-order valence-electron chi connectivity index (χ4n) is 2.89. The first kappa shape index (κ1) is 23.1. The second-order valence-electron chi connectivity index (χ2n) is 6.51. The maximum absolute atomic E-state index is 12.9. The number of benzene rings is 2. The summed E-state index contributed by atoms with van der Waals surface area (Å²) in [5, 5.41) is 5.49. The van der Waals surface area contributed by atoms with Gasteiger partial charge >= 0.3 is 5.97 Å². The van der Waals surface area contributed by atoms with E-state index in [4.69, 9.17) is 32.7 Å². The van der Waals surface area contributed by atoms with Crippen LogP contribution in [0.2, 0.25) is 10.0 Å². The van der Waals surface area contributed by atoms with E-state index in [0.29, 0.717) is 28.5 Å². The number of carbonyl (C=O) groups is 2. The van der Waals surface area contributed by atoms with E-state index in [2.05, 4.69) is 5.32 Å². The molecule has 0 radical (unpaired) electrons. The molecule has 0 saturated carbocycles. The molecule has 1 N–H and O–H groups in total. The van der Waals surface area contributed by atoms with Crippen LogP contribution in [0.4, 0.5) is 5.00 Å². The lowest BCUT2D eigenvalue weighted by atomic mass is 10.0. The molecular weight excluding hydrogens is 457 g/mol. The van der Waals surface area contributed by atoms with Crippen molar-refractivity contribution in [2.75, 3.05) is 18.5 Å². The molecule has 0 spiro atoms. The van der Waals surface area contributed by atoms with E-state index >= 15 is 0 Å². The third-order valence-corrected chi connectivity index (χ3v) is 5.75. The summed E-state index contributed by atoms with van der Waals surface area (Å²) in [6, 6.07) is 12.4. The Balaban J connectivity index is 1.93. The predicted molar refractivity (Wildman–Crippen MR) is 126 cm³/mol. The van der Waals surface area contributed by atoms with E-state index in [0.717, 1.165) is 12.0 Å². The quantitative estimate of drug-likeness (QED) is 0.356. The van der Waals surface area contributed by atoms with Crippen molar-refractivity contribution in [1.82, 2.24) is 0 Å². The van der Waals surface area contributed by atoms with Crippen molar-refractivity contribution in [1.29, 1.82) is 0 Å². The summed E-state index contributed by atoms with van der Waals surface area (Å²) in [4.78, 5) is 25.6. The van der Waals surface area contributed by atoms with Crippen LogP contribution < -0.4 is 10.1 Å². The second-order valence-corrected chi connectivity index (χ2v) is 8.21. The maximum atomic E-state index is 12.9. The minimum atomic E-state index is -0.503. The molecule has 0 atom stereocenters. The first-order valence-corrected chi connectivity index (χ1v) is 11.4. The van der Waals surface area contributed by atoms with Gasteiger partial charge in [0, 0.05) is 16.5 Å². The van der Waals surface area contributed by atoms with Crippen LogP contribution in [-0.2, 0) is 4.74 Å². The lowest BCUT2D eigenvalue weighted by Gasteiger charge is -2.12. The van der Waals surface area contributed by atoms with Gasteiger partial charge in [0.1, 0.15) is 10.6 Å². The Labute approximate surface area is 194 Å². The van der Waals surface area contributed by atoms with Crippen LogP contribution in [0.3, 0.4) is 0 Å². The fourth-order valence-corrected chi connectivity index (χ4v) is 4.44. The molecule has 1 aromatic heterocycles. The number of halogens is 2. The summed E-state index contributed by atoms with van der Waals surface area (Å²) >= 11 is 13.8. The number of carbonyl (C=O) groups excluding carboxylic acids is 2. The average Bonchev–Trinajstić information content (AvgIpc) is 3.17. The van der Waals surface area contributed by atoms with Gasteiger partial charge in [-0.3, -0.25) is 4.79 Å². The van der Waals surface area contributed by atoms with Crippen molar-refractivity contribution < 1.29 is 19.1 Å². The minimum Gasteiger partial charge on any atom is -0.490 e. The molecule has 5 nitrogen and oxygen atoms in total. The van der Waals surface area contributed by atoms with Gasteiger partial charge in [-0.1, -0.05) is 60.5 Å². The molecule has 0 saturated heterocycles. The Hall–Kier alpha value is -2.54. The lowest BCUT2D eigenvalue weighted by molar-refractivity contribution is 0.0529. The summed E-state index contributed by atoms with van der Waals surface area (Å²) in [6.07, 6.45) is 0.799. The van der Waals surface area contributed by atoms with E-state index in [9.17, 15) is 9.59 Å². The Kier molecular flexibility index (Phi) is 7.96. The highest BCUT2D eigenvalue weighted by Crippen LogP contribution is 2.38. The van der Waals surface area contributed by atoms with Crippen LogP contribution in [0.1, 0.15) is 41.0 Å². The minimum absolute atomic E-state index is 0.223. The highest BCUT2D eigenvalue weighted by molar-refractivity contribution is 7.15. The molecule has 8 heteroatoms. The molecular formula is C23H21Cl2NO4S. The zero-order chi connectivity index (χ0) is 22.4. The van der Waals surface area contributed by atoms with Gasteiger partial charge in [-0.05, 0) is 31.0 Å². The van der Waals surface area contributed by atoms with Crippen molar-refractivity contribution in [3.63, 3.8) is 0 Å². The molecule has 3 aromatic rings. The molecule has 162 valence electrons. The summed E-state index contributed by atoms with van der Waals surface area (Å²) in [5.41, 5.74) is 2.11. The third kappa shape index (κ3) is 5.39. The lowest BCUT2D eigenvalue weighted by Crippen LogP contribution is -2.15. The number of ether oxygens (including phenoxy) is 2. The summed E-state index contributed by atoms with van der Waals surface area (Å²) in [6.45, 7) is 4.39. The van der Waals surface area contributed by atoms with Crippen molar-refractivity contribution >= 4 is 51.4 Å². The predicted octanol–water partition coefficient (Wildman–Crippen LogP) is 6.94. The molecule has 0 aliphatic heterocycles. The first-order valence-electron chi connectivity index (χ1n) is 9.73. The van der Waals surface area contributed by atoms with Gasteiger partial charge in [0.05, 0.1) is 23.3 Å². The standard InChI is InChI=1S/C23H21Cl2NO4S/c1-3-10-30-20-17(24)11-15(12-18(20)25)21(27)26-22-19(23(28)29-4-2)16(13-31-22)14-8-6-5-7-9-14/h5-9,11-13H,3-4,10H2,1-2H3,(H,26,27). The summed E-state index contributed by atoms with van der Waals surface area (Å²) in [5.74, 6) is -0.605. The fraction of sp³-hybridized carbons (Fsp3) is 0.217. The number of anilines is 1. The highest BCUT2D eigenvalue weighted by atomic mass is 35.5. The Morgan fingerprint density at radius 1 is 1.06 bits per heavy atom. The molecule has 0 aliphatic rings. The monoisotopic (exact) mass is 477 g/mol. The summed E-state index contributed by atoms with van der Waals surface area (Å²) < 4.78 is 10.8. The molecule has 0 fully saturated rings. The number of thiophene rings is 1. The van der Waals surface area contributed by atoms with Crippen molar-refractivity contribution in [3.8, 4) is 16.9 Å². The van der Waals surface area contributed by atoms with E-state index < -0.39 is 11.9 Å². The van der Waals surface area contributed by atoms with Crippen LogP contribution in [-0.4, -0.2) is 25.1 Å². The zero-order valence-corrected chi connectivity index (χ0v) is 19.4. The van der Waals surface area contributed by atoms with Gasteiger partial charge in [-0.2, -0.15) is 0 Å². The third-order valence-electron chi connectivity index (χ3n) is 4.29. The first-order chi connectivity index (χ1) is 15.0. The maximum Gasteiger partial charge on any atom is 0.341 e. The number of hydrogen-bond acceptors (Lipinski definition) is 5. The number of amides is 1. The molecule has 1 amide bonds. The zero-order valence-electron chi connectivity index (χ0n) is 17.0. The Morgan fingerprint density at radius 3 is 2.35 bits per heavy atom. The Bertz CT molecular complexity index is 1060. The van der Waals surface area contributed by atoms with Crippen LogP contribution in [0.15, 0.2) is 47.8 Å². The molecule has 0 aliphatic carbocycles. The average molecular weight is 478 g/mol. The van der Waals surface area contributed by atoms with Gasteiger partial charge in [-0.15, -0.1) is 11.3 Å². The largest absolute Gasteiger partial charge is 0.490 e. The van der Waals surface area contributed by atoms with E-state index in [-0.39, 0.29) is 22.2 Å². The van der Waals surface area contributed by atoms with Crippen molar-refractivity contribution in [2.24, 2.45) is 0 Å². The molecule has 0 unspecified atom stereocenters. The van der Waals surface area contributed by atoms with Gasteiger partial charge in [0.25, 0.3) is 5.91 Å². The smallest absolute Gasteiger partial charge is 0.341 e. The van der Waals surface area contributed by atoms with Crippen LogP contribution in [0, 0.1) is 0 Å². The molecule has 2 aromatic carbocycles. The highest BCUT2D eigenvalue weighted by Gasteiger charge is 2.23. The molecule has 0 bridgehead atoms. The number of nitrogens with one attached hydrogen (secondary N) is 1. The van der Waals surface area contributed by atoms with E-state index in [1.807, 2.05) is 42.6 Å². The molecule has 1 heterocycles. The van der Waals surface area contributed by atoms with Crippen LogP contribution >= 0.6 is 34.5 Å². The SMILES string of the molecule is CCCOc1c(Cl)cc(C(=O)Nc2scc(-c3ccccc3)c2C(=O)OCC)cc1Cl. The normalized spacial score (nSPS) is 10.6. The van der Waals surface area contributed by atoms with E-state index in [1.54, 1.807) is 6.92 Å². The van der Waals surface area contributed by atoms with Crippen LogP contribution in [0.5, 0.6) is 5.75 Å². The number of hydrogen-bond donors (Lipinski definition) is 1. The van der Waals surface area contributed by atoms with Crippen LogP contribution in [0.25, 0.3) is 11.1 Å². The second kappa shape index (κ2) is 10.7. The Morgan fingerprint density at radius 2 is 1.74 bits per heavy atom. The van der Waals surface area contributed by atoms with E-state index in [1.165, 1.54) is 23.5 Å². The summed E-state index contributed by atoms with van der Waals surface area (Å²) in [7, 11) is 0. The number of rotatable bonds is 8. The van der Waals surface area contributed by atoms with Gasteiger partial charge < -0.3 is 14.8 Å². The molecule has 3 rings (SSSR count). The molecule has 31 heavy (non-hydrogen) atoms. The number of esters is 1. The topological polar surface area (TPSA) is 64.6 Å². The van der Waals surface area contributed by atoms with Crippen molar-refractivity contribution in [3.05, 3.63) is 69.0 Å².